The van der Waals surface area contributed by atoms with Crippen LogP contribution in [0, 0.1) is 0 Å². The van der Waals surface area contributed by atoms with Gasteiger partial charge in [0.15, 0.2) is 6.10 Å². The molecular formula is C69H120O6. The predicted octanol–water partition coefficient (Wildman–Crippen LogP) is 21.9. The zero-order valence-corrected chi connectivity index (χ0v) is 49.6. The van der Waals surface area contributed by atoms with Crippen molar-refractivity contribution in [2.24, 2.45) is 0 Å². The normalized spacial score (nSPS) is 12.6. The molecule has 0 aliphatic carbocycles. The molecule has 0 aliphatic heterocycles. The van der Waals surface area contributed by atoms with Gasteiger partial charge in [0.05, 0.1) is 0 Å². The summed E-state index contributed by atoms with van der Waals surface area (Å²) in [6.07, 6.45) is 83.0. The van der Waals surface area contributed by atoms with E-state index in [4.69, 9.17) is 14.2 Å². The molecule has 75 heavy (non-hydrogen) atoms. The Balaban J connectivity index is 4.29. The van der Waals surface area contributed by atoms with Crippen molar-refractivity contribution < 1.29 is 28.6 Å². The minimum absolute atomic E-state index is 0.0844. The smallest absolute Gasteiger partial charge is 0.306 e. The summed E-state index contributed by atoms with van der Waals surface area (Å²) in [6, 6.07) is 0. The minimum atomic E-state index is -0.788. The fourth-order valence-electron chi connectivity index (χ4n) is 8.99. The van der Waals surface area contributed by atoms with Crippen molar-refractivity contribution >= 4 is 17.9 Å². The van der Waals surface area contributed by atoms with Gasteiger partial charge < -0.3 is 14.2 Å². The summed E-state index contributed by atoms with van der Waals surface area (Å²) in [5, 5.41) is 0. The van der Waals surface area contributed by atoms with E-state index < -0.39 is 6.10 Å². The third-order valence-electron chi connectivity index (χ3n) is 13.8. The zero-order valence-electron chi connectivity index (χ0n) is 49.6. The van der Waals surface area contributed by atoms with Crippen LogP contribution in [0.25, 0.3) is 0 Å². The molecule has 0 heterocycles. The second-order valence-corrected chi connectivity index (χ2v) is 21.3. The van der Waals surface area contributed by atoms with Crippen LogP contribution in [0.4, 0.5) is 0 Å². The van der Waals surface area contributed by atoms with Crippen molar-refractivity contribution in [3.63, 3.8) is 0 Å². The van der Waals surface area contributed by atoms with E-state index in [0.717, 1.165) is 116 Å². The van der Waals surface area contributed by atoms with Gasteiger partial charge in [-0.3, -0.25) is 14.4 Å². The third kappa shape index (κ3) is 61.3. The lowest BCUT2D eigenvalue weighted by atomic mass is 10.0. The molecule has 0 bridgehead atoms. The minimum Gasteiger partial charge on any atom is -0.462 e. The number of carbonyl (C=O) groups is 3. The van der Waals surface area contributed by atoms with Crippen molar-refractivity contribution in [3.8, 4) is 0 Å². The van der Waals surface area contributed by atoms with Crippen LogP contribution in [-0.4, -0.2) is 37.2 Å². The molecular weight excluding hydrogens is 925 g/mol. The maximum Gasteiger partial charge on any atom is 0.306 e. The van der Waals surface area contributed by atoms with Gasteiger partial charge in [0.2, 0.25) is 0 Å². The summed E-state index contributed by atoms with van der Waals surface area (Å²) in [5.74, 6) is -0.899. The summed E-state index contributed by atoms with van der Waals surface area (Å²) in [7, 11) is 0. The fourth-order valence-corrected chi connectivity index (χ4v) is 8.99. The molecule has 432 valence electrons. The van der Waals surface area contributed by atoms with Crippen molar-refractivity contribution in [3.05, 3.63) is 85.1 Å². The molecule has 6 nitrogen and oxygen atoms in total. The number of hydrogen-bond donors (Lipinski definition) is 0. The Kier molecular flexibility index (Phi) is 60.3. The molecule has 0 spiro atoms. The number of hydrogen-bond acceptors (Lipinski definition) is 6. The Hall–Kier alpha value is -3.41. The SMILES string of the molecule is CCC/C=C\C/C=C\CCCCCCCC(=O)OCC(COC(=O)CCCCCCCCCCCCCC/C=C\C/C=C\C/C=C\CCCCCCC)OC(=O)CCCCCCCCC/C=C\C/C=C\CCCCC. The summed E-state index contributed by atoms with van der Waals surface area (Å²) in [6.45, 7) is 6.54. The van der Waals surface area contributed by atoms with E-state index in [-0.39, 0.29) is 31.1 Å². The third-order valence-corrected chi connectivity index (χ3v) is 13.8. The summed E-state index contributed by atoms with van der Waals surface area (Å²) in [5.41, 5.74) is 0. The second-order valence-electron chi connectivity index (χ2n) is 21.3. The quantitative estimate of drug-likeness (QED) is 0.0261. The van der Waals surface area contributed by atoms with Crippen molar-refractivity contribution in [1.82, 2.24) is 0 Å². The fraction of sp³-hybridized carbons (Fsp3) is 0.754. The maximum absolute atomic E-state index is 12.9. The van der Waals surface area contributed by atoms with Crippen molar-refractivity contribution in [1.29, 1.82) is 0 Å². The Morgan fingerprint density at radius 1 is 0.267 bits per heavy atom. The molecule has 0 N–H and O–H groups in total. The Morgan fingerprint density at radius 3 is 0.827 bits per heavy atom. The largest absolute Gasteiger partial charge is 0.462 e. The van der Waals surface area contributed by atoms with Gasteiger partial charge in [-0.1, -0.05) is 266 Å². The molecule has 0 aromatic carbocycles. The van der Waals surface area contributed by atoms with Crippen LogP contribution in [0.5, 0.6) is 0 Å². The predicted molar refractivity (Wildman–Crippen MR) is 325 cm³/mol. The molecule has 0 aromatic heterocycles. The van der Waals surface area contributed by atoms with E-state index in [9.17, 15) is 14.4 Å². The average molecular weight is 1050 g/mol. The van der Waals surface area contributed by atoms with E-state index in [2.05, 4.69) is 106 Å². The highest BCUT2D eigenvalue weighted by Gasteiger charge is 2.19. The zero-order chi connectivity index (χ0) is 54.3. The summed E-state index contributed by atoms with van der Waals surface area (Å²) in [4.78, 5) is 38.3. The molecule has 6 heteroatoms. The number of unbranched alkanes of at least 4 members (excludes halogenated alkanes) is 33. The first-order valence-corrected chi connectivity index (χ1v) is 32.1. The van der Waals surface area contributed by atoms with Crippen molar-refractivity contribution in [2.45, 2.75) is 322 Å². The molecule has 0 fully saturated rings. The molecule has 0 amide bonds. The van der Waals surface area contributed by atoms with Gasteiger partial charge in [0, 0.05) is 19.3 Å². The monoisotopic (exact) mass is 1040 g/mol. The van der Waals surface area contributed by atoms with Gasteiger partial charge in [-0.15, -0.1) is 0 Å². The Labute approximate surface area is 465 Å². The average Bonchev–Trinajstić information content (AvgIpc) is 3.41. The number of carbonyl (C=O) groups excluding carboxylic acids is 3. The number of allylic oxidation sites excluding steroid dienone is 14. The van der Waals surface area contributed by atoms with Crippen LogP contribution in [0.1, 0.15) is 316 Å². The second kappa shape index (κ2) is 63.1. The number of ether oxygens (including phenoxy) is 3. The van der Waals surface area contributed by atoms with Gasteiger partial charge in [-0.05, 0) is 116 Å². The molecule has 0 aromatic rings. The molecule has 1 unspecified atom stereocenters. The van der Waals surface area contributed by atoms with Crippen LogP contribution in [0.15, 0.2) is 85.1 Å². The van der Waals surface area contributed by atoms with Gasteiger partial charge in [0.1, 0.15) is 13.2 Å². The number of esters is 3. The highest BCUT2D eigenvalue weighted by molar-refractivity contribution is 5.71. The summed E-state index contributed by atoms with van der Waals surface area (Å²) < 4.78 is 16.9. The van der Waals surface area contributed by atoms with E-state index in [1.807, 2.05) is 0 Å². The van der Waals surface area contributed by atoms with Crippen LogP contribution < -0.4 is 0 Å². The summed E-state index contributed by atoms with van der Waals surface area (Å²) >= 11 is 0. The first-order chi connectivity index (χ1) is 37.0. The van der Waals surface area contributed by atoms with E-state index in [1.54, 1.807) is 0 Å². The molecule has 0 aliphatic rings. The van der Waals surface area contributed by atoms with Crippen LogP contribution in [0.2, 0.25) is 0 Å². The lowest BCUT2D eigenvalue weighted by Gasteiger charge is -2.18. The van der Waals surface area contributed by atoms with Gasteiger partial charge in [-0.25, -0.2) is 0 Å². The maximum atomic E-state index is 12.9. The first kappa shape index (κ1) is 71.6. The van der Waals surface area contributed by atoms with E-state index in [1.165, 1.54) is 161 Å². The molecule has 0 radical (unpaired) electrons. The lowest BCUT2D eigenvalue weighted by Crippen LogP contribution is -2.30. The van der Waals surface area contributed by atoms with Gasteiger partial charge in [-0.2, -0.15) is 0 Å². The van der Waals surface area contributed by atoms with E-state index >= 15 is 0 Å². The molecule has 0 saturated carbocycles. The topological polar surface area (TPSA) is 78.9 Å². The molecule has 0 saturated heterocycles. The van der Waals surface area contributed by atoms with Crippen LogP contribution in [0.3, 0.4) is 0 Å². The van der Waals surface area contributed by atoms with E-state index in [0.29, 0.717) is 19.3 Å². The first-order valence-electron chi connectivity index (χ1n) is 32.1. The standard InChI is InChI=1S/C69H120O6/c1-4-7-10-13-16-19-22-25-27-29-30-31-32-33-34-35-36-37-38-40-41-44-47-50-53-56-59-62-68(71)74-65-66(64-73-67(70)61-58-55-52-49-46-43-24-21-18-15-12-9-6-3)75-69(72)63-60-57-54-51-48-45-42-39-28-26-23-20-17-14-11-8-5-2/h12,15,17,20-22,24-26,28-30,32-33,66H,4-11,13-14,16,18-19,23,27,31,34-65H2,1-3H3/b15-12-,20-17-,24-21-,25-22-,28-26-,30-29-,33-32-. The van der Waals surface area contributed by atoms with Gasteiger partial charge in [0.25, 0.3) is 0 Å². The van der Waals surface area contributed by atoms with Gasteiger partial charge >= 0.3 is 17.9 Å². The Morgan fingerprint density at radius 2 is 0.507 bits per heavy atom. The number of rotatable bonds is 58. The highest BCUT2D eigenvalue weighted by Crippen LogP contribution is 2.16. The van der Waals surface area contributed by atoms with Crippen LogP contribution in [-0.2, 0) is 28.6 Å². The lowest BCUT2D eigenvalue weighted by molar-refractivity contribution is -0.167. The molecule has 0 rings (SSSR count). The molecule has 1 atom stereocenters. The highest BCUT2D eigenvalue weighted by atomic mass is 16.6. The van der Waals surface area contributed by atoms with Crippen molar-refractivity contribution in [2.75, 3.05) is 13.2 Å². The van der Waals surface area contributed by atoms with Crippen LogP contribution >= 0.6 is 0 Å². The Bertz CT molecular complexity index is 1430.